The van der Waals surface area contributed by atoms with E-state index in [1.54, 1.807) is 4.90 Å². The number of carbonyl (C=O) groups excluding carboxylic acids is 1. The van der Waals surface area contributed by atoms with E-state index in [-0.39, 0.29) is 11.5 Å². The van der Waals surface area contributed by atoms with Crippen LogP contribution in [0.15, 0.2) is 12.2 Å². The highest BCUT2D eigenvalue weighted by Gasteiger charge is 2.54. The smallest absolute Gasteiger partial charge is 0.410 e. The molecular weight excluding hydrogens is 294 g/mol. The second-order valence-electron chi connectivity index (χ2n) is 8.07. The van der Waals surface area contributed by atoms with Crippen molar-refractivity contribution in [2.75, 3.05) is 13.1 Å². The van der Waals surface area contributed by atoms with Gasteiger partial charge in [-0.1, -0.05) is 19.1 Å². The third kappa shape index (κ3) is 3.54. The summed E-state index contributed by atoms with van der Waals surface area (Å²) in [4.78, 5) is 26.0. The molecule has 0 aromatic heterocycles. The summed E-state index contributed by atoms with van der Waals surface area (Å²) in [5.74, 6) is -0.740. The molecule has 1 atom stereocenters. The maximum absolute atomic E-state index is 12.2. The lowest BCUT2D eigenvalue weighted by atomic mass is 9.56. The molecule has 5 heteroatoms. The van der Waals surface area contributed by atoms with Crippen LogP contribution in [-0.4, -0.2) is 40.8 Å². The van der Waals surface area contributed by atoms with E-state index in [9.17, 15) is 14.7 Å². The average molecular weight is 323 g/mol. The summed E-state index contributed by atoms with van der Waals surface area (Å²) in [6.45, 7) is 8.44. The second kappa shape index (κ2) is 6.17. The minimum Gasteiger partial charge on any atom is -0.481 e. The Morgan fingerprint density at radius 2 is 1.78 bits per heavy atom. The Balaban J connectivity index is 2.13. The molecule has 0 spiro atoms. The molecule has 0 aromatic rings. The van der Waals surface area contributed by atoms with Crippen molar-refractivity contribution in [3.63, 3.8) is 0 Å². The molecule has 2 aliphatic rings. The van der Waals surface area contributed by atoms with Crippen molar-refractivity contribution < 1.29 is 19.4 Å². The zero-order chi connectivity index (χ0) is 17.3. The third-order valence-corrected chi connectivity index (χ3v) is 5.32. The van der Waals surface area contributed by atoms with Crippen LogP contribution >= 0.6 is 0 Å². The number of hydrogen-bond donors (Lipinski definition) is 1. The zero-order valence-electron chi connectivity index (χ0n) is 14.7. The Hall–Kier alpha value is -1.52. The van der Waals surface area contributed by atoms with Gasteiger partial charge in [0.05, 0.1) is 5.41 Å². The second-order valence-corrected chi connectivity index (χ2v) is 8.07. The number of allylic oxidation sites excluding steroid dienone is 2. The van der Waals surface area contributed by atoms with Gasteiger partial charge < -0.3 is 14.7 Å². The predicted molar refractivity (Wildman–Crippen MR) is 88.2 cm³/mol. The molecule has 1 N–H and O–H groups in total. The lowest BCUT2D eigenvalue weighted by molar-refractivity contribution is -0.161. The van der Waals surface area contributed by atoms with Crippen LogP contribution in [0.25, 0.3) is 0 Å². The van der Waals surface area contributed by atoms with Crippen molar-refractivity contribution >= 4 is 12.1 Å². The van der Waals surface area contributed by atoms with Gasteiger partial charge in [0.15, 0.2) is 0 Å². The molecule has 1 unspecified atom stereocenters. The summed E-state index contributed by atoms with van der Waals surface area (Å²) < 4.78 is 5.40. The number of carboxylic acids is 1. The van der Waals surface area contributed by atoms with Crippen LogP contribution in [0.2, 0.25) is 0 Å². The molecule has 1 aliphatic heterocycles. The van der Waals surface area contributed by atoms with Crippen LogP contribution in [0.3, 0.4) is 0 Å². The average Bonchev–Trinajstić information content (AvgIpc) is 2.46. The Morgan fingerprint density at radius 1 is 1.17 bits per heavy atom. The van der Waals surface area contributed by atoms with Crippen molar-refractivity contribution in [2.45, 2.75) is 65.4 Å². The molecular formula is C18H29NO4. The molecule has 0 radical (unpaired) electrons. The highest BCUT2D eigenvalue weighted by molar-refractivity contribution is 5.77. The van der Waals surface area contributed by atoms with Crippen molar-refractivity contribution in [3.8, 4) is 0 Å². The van der Waals surface area contributed by atoms with Crippen LogP contribution in [0, 0.1) is 10.8 Å². The number of amides is 1. The Labute approximate surface area is 138 Å². The van der Waals surface area contributed by atoms with E-state index in [0.717, 1.165) is 19.3 Å². The highest BCUT2D eigenvalue weighted by atomic mass is 16.6. The summed E-state index contributed by atoms with van der Waals surface area (Å²) in [5.41, 5.74) is -1.66. The minimum atomic E-state index is -0.789. The van der Waals surface area contributed by atoms with Gasteiger partial charge in [-0.25, -0.2) is 4.79 Å². The van der Waals surface area contributed by atoms with E-state index >= 15 is 0 Å². The Morgan fingerprint density at radius 3 is 2.22 bits per heavy atom. The van der Waals surface area contributed by atoms with Crippen molar-refractivity contribution in [1.29, 1.82) is 0 Å². The quantitative estimate of drug-likeness (QED) is 0.784. The van der Waals surface area contributed by atoms with Gasteiger partial charge in [-0.15, -0.1) is 0 Å². The third-order valence-electron chi connectivity index (χ3n) is 5.32. The topological polar surface area (TPSA) is 66.8 Å². The van der Waals surface area contributed by atoms with E-state index in [1.807, 2.05) is 20.8 Å². The van der Waals surface area contributed by atoms with Gasteiger partial charge in [-0.05, 0) is 52.9 Å². The van der Waals surface area contributed by atoms with Crippen LogP contribution in [0.1, 0.15) is 59.8 Å². The fourth-order valence-corrected chi connectivity index (χ4v) is 3.84. The normalized spacial score (nSPS) is 27.6. The van der Waals surface area contributed by atoms with Crippen molar-refractivity contribution in [3.05, 3.63) is 12.2 Å². The van der Waals surface area contributed by atoms with Crippen molar-refractivity contribution in [2.24, 2.45) is 10.8 Å². The number of nitrogens with zero attached hydrogens (tertiary/aromatic N) is 1. The maximum Gasteiger partial charge on any atom is 0.410 e. The van der Waals surface area contributed by atoms with Gasteiger partial charge in [-0.2, -0.15) is 0 Å². The lowest BCUT2D eigenvalue weighted by Crippen LogP contribution is -2.54. The SMILES string of the molecule is CC(C)(C)OC(=O)N1CCC(C(=O)O)(C2(C)C=CCCC2)CC1. The molecule has 0 bridgehead atoms. The van der Waals surface area contributed by atoms with E-state index in [1.165, 1.54) is 0 Å². The molecule has 1 amide bonds. The number of hydrogen-bond acceptors (Lipinski definition) is 3. The number of piperidine rings is 1. The van der Waals surface area contributed by atoms with E-state index in [4.69, 9.17) is 4.74 Å². The zero-order valence-corrected chi connectivity index (χ0v) is 14.7. The molecule has 23 heavy (non-hydrogen) atoms. The van der Waals surface area contributed by atoms with Crippen LogP contribution < -0.4 is 0 Å². The molecule has 0 saturated carbocycles. The highest BCUT2D eigenvalue weighted by Crippen LogP contribution is 2.52. The fourth-order valence-electron chi connectivity index (χ4n) is 3.84. The van der Waals surface area contributed by atoms with Crippen LogP contribution in [0.4, 0.5) is 4.79 Å². The molecule has 1 saturated heterocycles. The van der Waals surface area contributed by atoms with Crippen LogP contribution in [0.5, 0.6) is 0 Å². The lowest BCUT2D eigenvalue weighted by Gasteiger charge is -2.49. The van der Waals surface area contributed by atoms with Crippen molar-refractivity contribution in [1.82, 2.24) is 4.90 Å². The number of aliphatic carboxylic acids is 1. The van der Waals surface area contributed by atoms with E-state index in [2.05, 4.69) is 19.1 Å². The number of rotatable bonds is 2. The number of carboxylic acid groups (broad SMARTS) is 1. The fraction of sp³-hybridized carbons (Fsp3) is 0.778. The summed E-state index contributed by atoms with van der Waals surface area (Å²) in [6, 6.07) is 0. The van der Waals surface area contributed by atoms with E-state index < -0.39 is 17.0 Å². The van der Waals surface area contributed by atoms with Gasteiger partial charge in [0.25, 0.3) is 0 Å². The summed E-state index contributed by atoms with van der Waals surface area (Å²) in [6.07, 6.45) is 7.74. The van der Waals surface area contributed by atoms with E-state index in [0.29, 0.717) is 25.9 Å². The molecule has 5 nitrogen and oxygen atoms in total. The summed E-state index contributed by atoms with van der Waals surface area (Å²) in [5, 5.41) is 9.95. The predicted octanol–water partition coefficient (Wildman–Crippen LogP) is 3.83. The first-order valence-electron chi connectivity index (χ1n) is 8.49. The first-order valence-corrected chi connectivity index (χ1v) is 8.49. The molecule has 130 valence electrons. The largest absolute Gasteiger partial charge is 0.481 e. The summed E-state index contributed by atoms with van der Waals surface area (Å²) >= 11 is 0. The van der Waals surface area contributed by atoms with Gasteiger partial charge in [-0.3, -0.25) is 4.79 Å². The summed E-state index contributed by atoms with van der Waals surface area (Å²) in [7, 11) is 0. The molecule has 1 fully saturated rings. The standard InChI is InChI=1S/C18H29NO4/c1-16(2,3)23-15(22)19-12-10-18(11-13-19,14(20)21)17(4)8-6-5-7-9-17/h6,8H,5,7,9-13H2,1-4H3,(H,20,21). The Bertz CT molecular complexity index is 498. The van der Waals surface area contributed by atoms with Gasteiger partial charge in [0.2, 0.25) is 0 Å². The number of likely N-dealkylation sites (tertiary alicyclic amines) is 1. The molecule has 1 aliphatic carbocycles. The first-order chi connectivity index (χ1) is 10.6. The number of carbonyl (C=O) groups is 2. The van der Waals surface area contributed by atoms with Gasteiger partial charge in [0.1, 0.15) is 5.60 Å². The minimum absolute atomic E-state index is 0.336. The Kier molecular flexibility index (Phi) is 4.79. The van der Waals surface area contributed by atoms with Gasteiger partial charge >= 0.3 is 12.1 Å². The first kappa shape index (κ1) is 17.8. The van der Waals surface area contributed by atoms with Gasteiger partial charge in [0, 0.05) is 18.5 Å². The molecule has 1 heterocycles. The monoisotopic (exact) mass is 323 g/mol. The maximum atomic E-state index is 12.2. The molecule has 2 rings (SSSR count). The number of ether oxygens (including phenoxy) is 1. The van der Waals surface area contributed by atoms with Crippen LogP contribution in [-0.2, 0) is 9.53 Å². The molecule has 0 aromatic carbocycles.